The highest BCUT2D eigenvalue weighted by molar-refractivity contribution is 5.91. The number of hydrogen-bond donors (Lipinski definition) is 1. The Bertz CT molecular complexity index is 871. The first-order valence-corrected chi connectivity index (χ1v) is 8.09. The van der Waals surface area contributed by atoms with Gasteiger partial charge in [0.15, 0.2) is 5.82 Å². The largest absolute Gasteiger partial charge is 0.351 e. The molecule has 0 aliphatic carbocycles. The monoisotopic (exact) mass is 321 g/mol. The van der Waals surface area contributed by atoms with Crippen molar-refractivity contribution in [2.75, 3.05) is 24.5 Å². The van der Waals surface area contributed by atoms with Crippen molar-refractivity contribution in [1.29, 1.82) is 0 Å². The summed E-state index contributed by atoms with van der Waals surface area (Å²) < 4.78 is 1.93. The van der Waals surface area contributed by atoms with Crippen LogP contribution in [0, 0.1) is 6.92 Å². The van der Waals surface area contributed by atoms with Gasteiger partial charge in [-0.2, -0.15) is 0 Å². The van der Waals surface area contributed by atoms with Gasteiger partial charge in [0, 0.05) is 31.2 Å². The van der Waals surface area contributed by atoms with Crippen molar-refractivity contribution in [1.82, 2.24) is 20.1 Å². The highest BCUT2D eigenvalue weighted by Gasteiger charge is 2.23. The third kappa shape index (κ3) is 2.55. The molecule has 122 valence electrons. The molecule has 1 N–H and O–H groups in total. The molecule has 0 saturated carbocycles. The third-order valence-corrected chi connectivity index (χ3v) is 4.41. The second kappa shape index (κ2) is 6.05. The van der Waals surface area contributed by atoms with E-state index in [0.29, 0.717) is 6.54 Å². The second-order valence-corrected chi connectivity index (χ2v) is 6.11. The Morgan fingerprint density at radius 3 is 2.88 bits per heavy atom. The summed E-state index contributed by atoms with van der Waals surface area (Å²) in [6, 6.07) is 10.1. The third-order valence-electron chi connectivity index (χ3n) is 4.41. The normalized spacial score (nSPS) is 18.0. The summed E-state index contributed by atoms with van der Waals surface area (Å²) in [7, 11) is 0. The Morgan fingerprint density at radius 1 is 1.25 bits per heavy atom. The molecule has 1 atom stereocenters. The van der Waals surface area contributed by atoms with Gasteiger partial charge in [-0.05, 0) is 25.1 Å². The number of anilines is 1. The molecule has 6 heteroatoms. The number of nitrogens with one attached hydrogen (secondary N) is 1. The summed E-state index contributed by atoms with van der Waals surface area (Å²) in [5, 5.41) is 9.10. The van der Waals surface area contributed by atoms with Gasteiger partial charge < -0.3 is 15.0 Å². The van der Waals surface area contributed by atoms with Gasteiger partial charge in [0.2, 0.25) is 0 Å². The first-order chi connectivity index (χ1) is 11.8. The number of rotatable bonds is 3. The average Bonchev–Trinajstić information content (AvgIpc) is 3.02. The minimum Gasteiger partial charge on any atom is -0.351 e. The number of carbonyl (C=O) groups is 1. The Kier molecular flexibility index (Phi) is 3.74. The first kappa shape index (κ1) is 14.8. The number of aryl methyl sites for hydroxylation is 1. The number of hydrogen-bond acceptors (Lipinski definition) is 5. The van der Waals surface area contributed by atoms with Crippen LogP contribution < -0.4 is 10.2 Å². The fourth-order valence-electron chi connectivity index (χ4n) is 3.12. The number of aromatic nitrogens is 3. The number of piperazine rings is 1. The summed E-state index contributed by atoms with van der Waals surface area (Å²) in [5.41, 5.74) is 3.19. The van der Waals surface area contributed by atoms with Crippen LogP contribution in [0.15, 0.2) is 42.7 Å². The van der Waals surface area contributed by atoms with Crippen LogP contribution in [0.2, 0.25) is 0 Å². The Labute approximate surface area is 140 Å². The number of benzene rings is 1. The first-order valence-electron chi connectivity index (χ1n) is 8.09. The number of nitrogens with zero attached hydrogens (tertiary/aromatic N) is 4. The maximum atomic E-state index is 11.1. The second-order valence-electron chi connectivity index (χ2n) is 6.11. The van der Waals surface area contributed by atoms with E-state index in [-0.39, 0.29) is 6.04 Å². The molecule has 1 aromatic carbocycles. The summed E-state index contributed by atoms with van der Waals surface area (Å²) in [4.78, 5) is 17.6. The van der Waals surface area contributed by atoms with Crippen molar-refractivity contribution in [2.24, 2.45) is 0 Å². The average molecular weight is 321 g/mol. The lowest BCUT2D eigenvalue weighted by Crippen LogP contribution is -2.51. The fourth-order valence-corrected chi connectivity index (χ4v) is 3.12. The zero-order valence-electron chi connectivity index (χ0n) is 13.5. The van der Waals surface area contributed by atoms with Gasteiger partial charge in [-0.3, -0.25) is 4.98 Å². The molecule has 3 aromatic rings. The van der Waals surface area contributed by atoms with E-state index in [9.17, 15) is 4.79 Å². The predicted octanol–water partition coefficient (Wildman–Crippen LogP) is 1.71. The van der Waals surface area contributed by atoms with Gasteiger partial charge in [-0.25, -0.2) is 4.68 Å². The minimum absolute atomic E-state index is 0.153. The van der Waals surface area contributed by atoms with Crippen LogP contribution >= 0.6 is 0 Å². The van der Waals surface area contributed by atoms with E-state index in [1.165, 1.54) is 5.56 Å². The molecule has 0 amide bonds. The Morgan fingerprint density at radius 2 is 2.08 bits per heavy atom. The molecular formula is C18H19N5O. The summed E-state index contributed by atoms with van der Waals surface area (Å²) >= 11 is 0. The molecule has 1 saturated heterocycles. The molecule has 2 aromatic heterocycles. The van der Waals surface area contributed by atoms with Crippen molar-refractivity contribution >= 4 is 23.0 Å². The molecule has 1 aliphatic rings. The van der Waals surface area contributed by atoms with Gasteiger partial charge in [-0.15, -0.1) is 5.10 Å². The van der Waals surface area contributed by atoms with Crippen LogP contribution in [0.1, 0.15) is 5.56 Å². The van der Waals surface area contributed by atoms with E-state index in [0.717, 1.165) is 41.8 Å². The van der Waals surface area contributed by atoms with E-state index >= 15 is 0 Å². The molecule has 24 heavy (non-hydrogen) atoms. The van der Waals surface area contributed by atoms with Gasteiger partial charge in [0.1, 0.15) is 6.29 Å². The number of pyridine rings is 1. The maximum absolute atomic E-state index is 11.1. The number of carbonyl (C=O) groups excluding carboxylic acids is 1. The van der Waals surface area contributed by atoms with Crippen molar-refractivity contribution < 1.29 is 4.79 Å². The van der Waals surface area contributed by atoms with Crippen molar-refractivity contribution in [3.05, 3.63) is 48.3 Å². The zero-order valence-corrected chi connectivity index (χ0v) is 13.5. The predicted molar refractivity (Wildman–Crippen MR) is 93.7 cm³/mol. The molecular weight excluding hydrogens is 302 g/mol. The molecule has 1 unspecified atom stereocenters. The fraction of sp³-hybridized carbons (Fsp3) is 0.278. The van der Waals surface area contributed by atoms with Gasteiger partial charge in [0.05, 0.1) is 23.4 Å². The van der Waals surface area contributed by atoms with E-state index in [1.807, 2.05) is 16.9 Å². The van der Waals surface area contributed by atoms with Crippen LogP contribution in [0.3, 0.4) is 0 Å². The zero-order chi connectivity index (χ0) is 16.5. The maximum Gasteiger partial charge on any atom is 0.159 e. The highest BCUT2D eigenvalue weighted by atomic mass is 16.1. The smallest absolute Gasteiger partial charge is 0.159 e. The lowest BCUT2D eigenvalue weighted by molar-refractivity contribution is -0.109. The Balaban J connectivity index is 1.82. The molecule has 0 spiro atoms. The Hall–Kier alpha value is -2.73. The van der Waals surface area contributed by atoms with Gasteiger partial charge in [-0.1, -0.05) is 17.7 Å². The topological polar surface area (TPSA) is 63.1 Å². The van der Waals surface area contributed by atoms with Crippen LogP contribution in [0.4, 0.5) is 5.82 Å². The van der Waals surface area contributed by atoms with Crippen molar-refractivity contribution in [2.45, 2.75) is 13.0 Å². The summed E-state index contributed by atoms with van der Waals surface area (Å²) in [6.07, 6.45) is 4.59. The summed E-state index contributed by atoms with van der Waals surface area (Å²) in [6.45, 7) is 4.30. The lowest BCUT2D eigenvalue weighted by Gasteiger charge is -2.31. The molecule has 0 radical (unpaired) electrons. The number of fused-ring (bicyclic) bond motifs is 1. The lowest BCUT2D eigenvalue weighted by atomic mass is 10.2. The van der Waals surface area contributed by atoms with Gasteiger partial charge in [0.25, 0.3) is 0 Å². The SMILES string of the molecule is Cc1ccc(-n2nc(N3CCNC(C=O)C3)c3ccncc32)cc1. The molecule has 4 rings (SSSR count). The van der Waals surface area contributed by atoms with Crippen LogP contribution in [0.25, 0.3) is 16.6 Å². The molecule has 6 nitrogen and oxygen atoms in total. The molecule has 1 fully saturated rings. The van der Waals surface area contributed by atoms with Gasteiger partial charge >= 0.3 is 0 Å². The van der Waals surface area contributed by atoms with Crippen LogP contribution in [0.5, 0.6) is 0 Å². The van der Waals surface area contributed by atoms with E-state index in [4.69, 9.17) is 5.10 Å². The van der Waals surface area contributed by atoms with E-state index in [2.05, 4.69) is 46.4 Å². The summed E-state index contributed by atoms with van der Waals surface area (Å²) in [5.74, 6) is 0.904. The highest BCUT2D eigenvalue weighted by Crippen LogP contribution is 2.28. The minimum atomic E-state index is -0.153. The standard InChI is InChI=1S/C18H19N5O/c1-13-2-4-15(5-3-13)23-17-10-19-7-6-16(17)18(21-23)22-9-8-20-14(11-22)12-24/h2-7,10,12,14,20H,8-9,11H2,1H3. The molecule has 0 bridgehead atoms. The van der Waals surface area contributed by atoms with E-state index in [1.54, 1.807) is 6.20 Å². The number of aldehydes is 1. The molecule has 1 aliphatic heterocycles. The van der Waals surface area contributed by atoms with E-state index < -0.39 is 0 Å². The van der Waals surface area contributed by atoms with Crippen LogP contribution in [-0.2, 0) is 4.79 Å². The quantitative estimate of drug-likeness (QED) is 0.744. The van der Waals surface area contributed by atoms with Crippen LogP contribution in [-0.4, -0.2) is 46.7 Å². The van der Waals surface area contributed by atoms with Crippen molar-refractivity contribution in [3.63, 3.8) is 0 Å². The van der Waals surface area contributed by atoms with Crippen molar-refractivity contribution in [3.8, 4) is 5.69 Å². The molecule has 3 heterocycles.